The number of aryl methyl sites for hydroxylation is 2. The van der Waals surface area contributed by atoms with Crippen molar-refractivity contribution in [1.29, 1.82) is 0 Å². The molecule has 0 spiro atoms. The zero-order valence-corrected chi connectivity index (χ0v) is 12.3. The highest BCUT2D eigenvalue weighted by Gasteiger charge is 2.18. The second-order valence-corrected chi connectivity index (χ2v) is 5.15. The SMILES string of the molecule is COc1cccc(CC(CCc2cnn(C)c2)C(=O)O)c1. The van der Waals surface area contributed by atoms with Gasteiger partial charge in [0.05, 0.1) is 19.2 Å². The van der Waals surface area contributed by atoms with E-state index in [1.54, 1.807) is 18.0 Å². The van der Waals surface area contributed by atoms with Gasteiger partial charge in [0, 0.05) is 13.2 Å². The molecule has 1 unspecified atom stereocenters. The first-order valence-electron chi connectivity index (χ1n) is 6.91. The fraction of sp³-hybridized carbons (Fsp3) is 0.375. The maximum absolute atomic E-state index is 11.4. The number of aliphatic carboxylic acids is 1. The van der Waals surface area contributed by atoms with Gasteiger partial charge >= 0.3 is 5.97 Å². The minimum Gasteiger partial charge on any atom is -0.497 e. The van der Waals surface area contributed by atoms with Crippen molar-refractivity contribution in [1.82, 2.24) is 9.78 Å². The summed E-state index contributed by atoms with van der Waals surface area (Å²) in [4.78, 5) is 11.4. The molecule has 0 saturated heterocycles. The molecular formula is C16H20N2O3. The van der Waals surface area contributed by atoms with Gasteiger partial charge in [-0.3, -0.25) is 9.48 Å². The highest BCUT2D eigenvalue weighted by atomic mass is 16.5. The monoisotopic (exact) mass is 288 g/mol. The largest absolute Gasteiger partial charge is 0.497 e. The van der Waals surface area contributed by atoms with Gasteiger partial charge in [-0.15, -0.1) is 0 Å². The van der Waals surface area contributed by atoms with Crippen molar-refractivity contribution in [2.24, 2.45) is 13.0 Å². The van der Waals surface area contributed by atoms with Crippen LogP contribution in [-0.4, -0.2) is 28.0 Å². The predicted molar refractivity (Wildman–Crippen MR) is 79.4 cm³/mol. The molecule has 0 saturated carbocycles. The van der Waals surface area contributed by atoms with E-state index in [9.17, 15) is 9.90 Å². The molecule has 2 aromatic rings. The molecule has 0 aliphatic carbocycles. The molecule has 21 heavy (non-hydrogen) atoms. The average molecular weight is 288 g/mol. The minimum absolute atomic E-state index is 0.405. The normalized spacial score (nSPS) is 12.1. The molecule has 0 aliphatic rings. The number of hydrogen-bond acceptors (Lipinski definition) is 3. The van der Waals surface area contributed by atoms with Gasteiger partial charge in [-0.05, 0) is 42.5 Å². The summed E-state index contributed by atoms with van der Waals surface area (Å²) in [6.07, 6.45) is 5.52. The van der Waals surface area contributed by atoms with Crippen LogP contribution in [-0.2, 0) is 24.7 Å². The van der Waals surface area contributed by atoms with Crippen LogP contribution >= 0.6 is 0 Å². The molecule has 1 aromatic carbocycles. The Bertz CT molecular complexity index is 607. The van der Waals surface area contributed by atoms with E-state index in [0.717, 1.165) is 23.3 Å². The molecule has 2 rings (SSSR count). The molecule has 1 aromatic heterocycles. The van der Waals surface area contributed by atoms with Crippen LogP contribution in [0.1, 0.15) is 17.5 Å². The van der Waals surface area contributed by atoms with Crippen molar-refractivity contribution in [3.8, 4) is 5.75 Å². The van der Waals surface area contributed by atoms with Crippen LogP contribution in [0.25, 0.3) is 0 Å². The standard InChI is InChI=1S/C16H20N2O3/c1-18-11-13(10-17-18)6-7-14(16(19)20)8-12-4-3-5-15(9-12)21-2/h3-5,9-11,14H,6-8H2,1-2H3,(H,19,20). The number of carboxylic acid groups (broad SMARTS) is 1. The molecule has 1 N–H and O–H groups in total. The molecule has 0 bridgehead atoms. The second kappa shape index (κ2) is 6.92. The third-order valence-electron chi connectivity index (χ3n) is 3.51. The molecule has 0 fully saturated rings. The zero-order chi connectivity index (χ0) is 15.2. The molecule has 1 heterocycles. The van der Waals surface area contributed by atoms with Crippen LogP contribution in [0.2, 0.25) is 0 Å². The summed E-state index contributed by atoms with van der Waals surface area (Å²) in [6, 6.07) is 7.56. The molecule has 5 heteroatoms. The third kappa shape index (κ3) is 4.34. The van der Waals surface area contributed by atoms with Crippen LogP contribution in [0.3, 0.4) is 0 Å². The van der Waals surface area contributed by atoms with E-state index in [1.807, 2.05) is 37.5 Å². The van der Waals surface area contributed by atoms with Crippen LogP contribution in [0.4, 0.5) is 0 Å². The van der Waals surface area contributed by atoms with Gasteiger partial charge in [-0.2, -0.15) is 5.10 Å². The first-order chi connectivity index (χ1) is 10.1. The number of rotatable bonds is 7. The first-order valence-corrected chi connectivity index (χ1v) is 6.91. The Kier molecular flexibility index (Phi) is 4.98. The van der Waals surface area contributed by atoms with Crippen molar-refractivity contribution in [2.75, 3.05) is 7.11 Å². The first kappa shape index (κ1) is 15.1. The van der Waals surface area contributed by atoms with E-state index >= 15 is 0 Å². The Hall–Kier alpha value is -2.30. The summed E-state index contributed by atoms with van der Waals surface area (Å²) in [6.45, 7) is 0. The fourth-order valence-electron chi connectivity index (χ4n) is 2.34. The number of aromatic nitrogens is 2. The number of methoxy groups -OCH3 is 1. The van der Waals surface area contributed by atoms with Crippen LogP contribution < -0.4 is 4.74 Å². The lowest BCUT2D eigenvalue weighted by Gasteiger charge is -2.12. The summed E-state index contributed by atoms with van der Waals surface area (Å²) in [5.74, 6) is -0.414. The topological polar surface area (TPSA) is 64.4 Å². The van der Waals surface area contributed by atoms with Gasteiger partial charge in [0.1, 0.15) is 5.75 Å². The Morgan fingerprint density at radius 1 is 1.43 bits per heavy atom. The Balaban J connectivity index is 1.99. The molecule has 112 valence electrons. The summed E-state index contributed by atoms with van der Waals surface area (Å²) in [5.41, 5.74) is 2.04. The van der Waals surface area contributed by atoms with E-state index in [1.165, 1.54) is 0 Å². The number of nitrogens with zero attached hydrogens (tertiary/aromatic N) is 2. The molecular weight excluding hydrogens is 268 g/mol. The van der Waals surface area contributed by atoms with Crippen molar-refractivity contribution >= 4 is 5.97 Å². The predicted octanol–water partition coefficient (Wildman–Crippen LogP) is 2.30. The maximum atomic E-state index is 11.4. The van der Waals surface area contributed by atoms with Crippen molar-refractivity contribution in [3.63, 3.8) is 0 Å². The van der Waals surface area contributed by atoms with Gasteiger partial charge in [0.2, 0.25) is 0 Å². The lowest BCUT2D eigenvalue weighted by molar-refractivity contribution is -0.141. The average Bonchev–Trinajstić information content (AvgIpc) is 2.89. The van der Waals surface area contributed by atoms with E-state index in [-0.39, 0.29) is 0 Å². The number of carboxylic acids is 1. The Morgan fingerprint density at radius 3 is 2.86 bits per heavy atom. The van der Waals surface area contributed by atoms with Crippen molar-refractivity contribution < 1.29 is 14.6 Å². The number of hydrogen-bond donors (Lipinski definition) is 1. The van der Waals surface area contributed by atoms with E-state index < -0.39 is 11.9 Å². The van der Waals surface area contributed by atoms with E-state index in [4.69, 9.17) is 4.74 Å². The lowest BCUT2D eigenvalue weighted by Crippen LogP contribution is -2.17. The van der Waals surface area contributed by atoms with Crippen molar-refractivity contribution in [2.45, 2.75) is 19.3 Å². The summed E-state index contributed by atoms with van der Waals surface area (Å²) >= 11 is 0. The van der Waals surface area contributed by atoms with Gasteiger partial charge in [0.25, 0.3) is 0 Å². The van der Waals surface area contributed by atoms with Gasteiger partial charge < -0.3 is 9.84 Å². The Labute approximate surface area is 124 Å². The van der Waals surface area contributed by atoms with E-state index in [0.29, 0.717) is 12.8 Å². The lowest BCUT2D eigenvalue weighted by atomic mass is 9.93. The third-order valence-corrected chi connectivity index (χ3v) is 3.51. The Morgan fingerprint density at radius 2 is 2.24 bits per heavy atom. The van der Waals surface area contributed by atoms with Crippen LogP contribution in [0.15, 0.2) is 36.7 Å². The van der Waals surface area contributed by atoms with Gasteiger partial charge in [-0.25, -0.2) is 0 Å². The van der Waals surface area contributed by atoms with Crippen molar-refractivity contribution in [3.05, 3.63) is 47.8 Å². The molecule has 0 radical (unpaired) electrons. The maximum Gasteiger partial charge on any atom is 0.306 e. The zero-order valence-electron chi connectivity index (χ0n) is 12.3. The highest BCUT2D eigenvalue weighted by molar-refractivity contribution is 5.70. The number of ether oxygens (including phenoxy) is 1. The highest BCUT2D eigenvalue weighted by Crippen LogP contribution is 2.19. The number of benzene rings is 1. The molecule has 1 atom stereocenters. The number of carbonyl (C=O) groups is 1. The fourth-order valence-corrected chi connectivity index (χ4v) is 2.34. The molecule has 0 amide bonds. The summed E-state index contributed by atoms with van der Waals surface area (Å²) < 4.78 is 6.90. The van der Waals surface area contributed by atoms with Gasteiger partial charge in [-0.1, -0.05) is 12.1 Å². The smallest absolute Gasteiger partial charge is 0.306 e. The second-order valence-electron chi connectivity index (χ2n) is 5.15. The van der Waals surface area contributed by atoms with Crippen LogP contribution in [0, 0.1) is 5.92 Å². The van der Waals surface area contributed by atoms with E-state index in [2.05, 4.69) is 5.10 Å². The van der Waals surface area contributed by atoms with Gasteiger partial charge in [0.15, 0.2) is 0 Å². The minimum atomic E-state index is -0.762. The van der Waals surface area contributed by atoms with Crippen LogP contribution in [0.5, 0.6) is 5.75 Å². The quantitative estimate of drug-likeness (QED) is 0.849. The summed E-state index contributed by atoms with van der Waals surface area (Å²) in [7, 11) is 3.46. The molecule has 5 nitrogen and oxygen atoms in total. The summed E-state index contributed by atoms with van der Waals surface area (Å²) in [5, 5.41) is 13.5. The molecule has 0 aliphatic heterocycles.